The topological polar surface area (TPSA) is 54.7 Å². The number of benzene rings is 1. The second kappa shape index (κ2) is 8.49. The van der Waals surface area contributed by atoms with Crippen LogP contribution >= 0.6 is 22.9 Å². The van der Waals surface area contributed by atoms with Crippen LogP contribution in [0.5, 0.6) is 0 Å². The number of hydrogen-bond donors (Lipinski definition) is 1. The molecule has 1 amide bonds. The number of thiophene rings is 1. The van der Waals surface area contributed by atoms with Crippen LogP contribution in [0.4, 0.5) is 5.00 Å². The fourth-order valence-corrected chi connectivity index (χ4v) is 4.54. The lowest BCUT2D eigenvalue weighted by Gasteiger charge is -2.35. The Hall–Kier alpha value is -2.12. The van der Waals surface area contributed by atoms with E-state index in [1.807, 2.05) is 24.3 Å². The van der Waals surface area contributed by atoms with Crippen molar-refractivity contribution in [2.24, 2.45) is 0 Å². The summed E-state index contributed by atoms with van der Waals surface area (Å²) in [5.41, 5.74) is 2.21. The molecule has 1 N–H and O–H groups in total. The number of ether oxygens (including phenoxy) is 1. The molecule has 4 rings (SSSR count). The lowest BCUT2D eigenvalue weighted by molar-refractivity contribution is 0.0241. The molecule has 3 aromatic rings. The van der Waals surface area contributed by atoms with Gasteiger partial charge < -0.3 is 14.5 Å². The molecule has 0 saturated carbocycles. The third kappa shape index (κ3) is 4.15. The molecular formula is C21H21ClN2O3S. The lowest BCUT2D eigenvalue weighted by Crippen LogP contribution is -2.39. The van der Waals surface area contributed by atoms with Gasteiger partial charge in [-0.2, -0.15) is 0 Å². The molecule has 28 heavy (non-hydrogen) atoms. The van der Waals surface area contributed by atoms with E-state index in [9.17, 15) is 4.79 Å². The van der Waals surface area contributed by atoms with Crippen molar-refractivity contribution < 1.29 is 13.9 Å². The van der Waals surface area contributed by atoms with Gasteiger partial charge in [-0.05, 0) is 42.8 Å². The fourth-order valence-electron chi connectivity index (χ4n) is 3.47. The van der Waals surface area contributed by atoms with E-state index in [0.29, 0.717) is 24.0 Å². The highest BCUT2D eigenvalue weighted by atomic mass is 35.5. The summed E-state index contributed by atoms with van der Waals surface area (Å²) in [5, 5.41) is 4.58. The standard InChI is InChI=1S/C21H21ClN2O3S/c1-14-13-17(21(28-14)23-20(25)18-3-2-10-27-18)19(24-8-11-26-12-9-24)15-4-6-16(22)7-5-15/h2-7,10,13,19H,8-9,11-12H2,1H3,(H,23,25)/t19-/m0/s1. The summed E-state index contributed by atoms with van der Waals surface area (Å²) in [4.78, 5) is 16.1. The molecule has 0 spiro atoms. The summed E-state index contributed by atoms with van der Waals surface area (Å²) >= 11 is 7.68. The minimum Gasteiger partial charge on any atom is -0.459 e. The Morgan fingerprint density at radius 3 is 2.64 bits per heavy atom. The SMILES string of the molecule is Cc1cc([C@H](c2ccc(Cl)cc2)N2CCOCC2)c(NC(=O)c2ccco2)s1. The second-order valence-corrected chi connectivity index (χ2v) is 8.37. The smallest absolute Gasteiger partial charge is 0.291 e. The molecule has 7 heteroatoms. The van der Waals surface area contributed by atoms with Crippen LogP contribution in [0.1, 0.15) is 32.6 Å². The molecule has 1 aliphatic heterocycles. The first-order valence-corrected chi connectivity index (χ1v) is 10.3. The van der Waals surface area contributed by atoms with Crippen molar-refractivity contribution in [3.8, 4) is 0 Å². The highest BCUT2D eigenvalue weighted by molar-refractivity contribution is 7.16. The van der Waals surface area contributed by atoms with Crippen LogP contribution in [-0.2, 0) is 4.74 Å². The van der Waals surface area contributed by atoms with Gasteiger partial charge in [0.1, 0.15) is 5.00 Å². The van der Waals surface area contributed by atoms with E-state index in [1.54, 1.807) is 23.5 Å². The molecule has 1 saturated heterocycles. The van der Waals surface area contributed by atoms with Crippen LogP contribution in [0, 0.1) is 6.92 Å². The molecule has 0 aliphatic carbocycles. The summed E-state index contributed by atoms with van der Waals surface area (Å²) in [6.07, 6.45) is 1.50. The number of carbonyl (C=O) groups excluding carboxylic acids is 1. The molecule has 5 nitrogen and oxygen atoms in total. The minimum atomic E-state index is -0.245. The predicted octanol–water partition coefficient (Wildman–Crippen LogP) is 4.98. The maximum Gasteiger partial charge on any atom is 0.291 e. The van der Waals surface area contributed by atoms with Crippen LogP contribution in [0.25, 0.3) is 0 Å². The largest absolute Gasteiger partial charge is 0.459 e. The van der Waals surface area contributed by atoms with Gasteiger partial charge in [-0.25, -0.2) is 0 Å². The van der Waals surface area contributed by atoms with E-state index < -0.39 is 0 Å². The van der Waals surface area contributed by atoms with Crippen molar-refractivity contribution in [1.82, 2.24) is 4.90 Å². The lowest BCUT2D eigenvalue weighted by atomic mass is 9.98. The van der Waals surface area contributed by atoms with Crippen LogP contribution in [0.3, 0.4) is 0 Å². The number of nitrogens with one attached hydrogen (secondary N) is 1. The number of morpholine rings is 1. The molecule has 0 unspecified atom stereocenters. The normalized spacial score (nSPS) is 16.1. The van der Waals surface area contributed by atoms with Crippen molar-refractivity contribution in [3.05, 3.63) is 75.5 Å². The number of nitrogens with zero attached hydrogens (tertiary/aromatic N) is 1. The summed E-state index contributed by atoms with van der Waals surface area (Å²) in [5.74, 6) is 0.0522. The third-order valence-corrected chi connectivity index (χ3v) is 5.98. The second-order valence-electron chi connectivity index (χ2n) is 6.68. The van der Waals surface area contributed by atoms with E-state index in [1.165, 1.54) is 6.26 Å². The molecule has 1 fully saturated rings. The molecule has 0 radical (unpaired) electrons. The summed E-state index contributed by atoms with van der Waals surface area (Å²) in [7, 11) is 0. The Labute approximate surface area is 172 Å². The zero-order valence-electron chi connectivity index (χ0n) is 15.5. The van der Waals surface area contributed by atoms with Crippen molar-refractivity contribution in [3.63, 3.8) is 0 Å². The minimum absolute atomic E-state index is 0.0121. The van der Waals surface area contributed by atoms with Gasteiger partial charge in [-0.1, -0.05) is 23.7 Å². The predicted molar refractivity (Wildman–Crippen MR) is 111 cm³/mol. The first-order valence-electron chi connectivity index (χ1n) is 9.14. The van der Waals surface area contributed by atoms with Crippen LogP contribution in [0.2, 0.25) is 5.02 Å². The molecular weight excluding hydrogens is 396 g/mol. The van der Waals surface area contributed by atoms with E-state index in [4.69, 9.17) is 20.8 Å². The van der Waals surface area contributed by atoms with Gasteiger partial charge in [-0.15, -0.1) is 11.3 Å². The van der Waals surface area contributed by atoms with Gasteiger partial charge in [0.05, 0.1) is 25.5 Å². The Morgan fingerprint density at radius 1 is 1.21 bits per heavy atom. The molecule has 1 atom stereocenters. The highest BCUT2D eigenvalue weighted by Gasteiger charge is 2.28. The van der Waals surface area contributed by atoms with Gasteiger partial charge in [0.15, 0.2) is 5.76 Å². The molecule has 1 aliphatic rings. The van der Waals surface area contributed by atoms with E-state index >= 15 is 0 Å². The van der Waals surface area contributed by atoms with E-state index in [0.717, 1.165) is 34.1 Å². The van der Waals surface area contributed by atoms with Gasteiger partial charge in [0.2, 0.25) is 0 Å². The first-order chi connectivity index (χ1) is 13.6. The Morgan fingerprint density at radius 2 is 1.96 bits per heavy atom. The van der Waals surface area contributed by atoms with Crippen LogP contribution in [0.15, 0.2) is 53.1 Å². The van der Waals surface area contributed by atoms with Crippen molar-refractivity contribution in [1.29, 1.82) is 0 Å². The summed E-state index contributed by atoms with van der Waals surface area (Å²) in [6, 6.07) is 13.4. The number of amides is 1. The number of halogens is 1. The quantitative estimate of drug-likeness (QED) is 0.637. The van der Waals surface area contributed by atoms with Gasteiger partial charge in [0.25, 0.3) is 5.91 Å². The van der Waals surface area contributed by atoms with Crippen LogP contribution in [-0.4, -0.2) is 37.1 Å². The Balaban J connectivity index is 1.71. The van der Waals surface area contributed by atoms with E-state index in [-0.39, 0.29) is 11.9 Å². The fraction of sp³-hybridized carbons (Fsp3) is 0.286. The number of hydrogen-bond acceptors (Lipinski definition) is 5. The number of aryl methyl sites for hydroxylation is 1. The number of anilines is 1. The molecule has 2 aromatic heterocycles. The summed E-state index contributed by atoms with van der Waals surface area (Å²) < 4.78 is 10.8. The van der Waals surface area contributed by atoms with E-state index in [2.05, 4.69) is 23.2 Å². The first kappa shape index (κ1) is 19.2. The van der Waals surface area contributed by atoms with Crippen LogP contribution < -0.4 is 5.32 Å². The maximum atomic E-state index is 12.6. The molecule has 1 aromatic carbocycles. The monoisotopic (exact) mass is 416 g/mol. The highest BCUT2D eigenvalue weighted by Crippen LogP contribution is 2.39. The molecule has 3 heterocycles. The third-order valence-electron chi connectivity index (χ3n) is 4.75. The molecule has 146 valence electrons. The zero-order valence-corrected chi connectivity index (χ0v) is 17.1. The average molecular weight is 417 g/mol. The molecule has 0 bridgehead atoms. The number of carbonyl (C=O) groups is 1. The zero-order chi connectivity index (χ0) is 19.5. The van der Waals surface area contributed by atoms with Gasteiger partial charge in [-0.3, -0.25) is 9.69 Å². The Bertz CT molecular complexity index is 931. The van der Waals surface area contributed by atoms with Crippen molar-refractivity contribution >= 4 is 33.8 Å². The maximum absolute atomic E-state index is 12.6. The van der Waals surface area contributed by atoms with Crippen molar-refractivity contribution in [2.75, 3.05) is 31.6 Å². The summed E-state index contributed by atoms with van der Waals surface area (Å²) in [6.45, 7) is 5.10. The van der Waals surface area contributed by atoms with Crippen molar-refractivity contribution in [2.45, 2.75) is 13.0 Å². The van der Waals surface area contributed by atoms with Gasteiger partial charge in [0, 0.05) is 28.6 Å². The number of rotatable bonds is 5. The van der Waals surface area contributed by atoms with Gasteiger partial charge >= 0.3 is 0 Å². The number of furan rings is 1. The Kier molecular flexibility index (Phi) is 5.82. The average Bonchev–Trinajstić information content (AvgIpc) is 3.35.